The number of carbonyl (C=O) groups excluding carboxylic acids is 1. The van der Waals surface area contributed by atoms with Gasteiger partial charge in [0, 0.05) is 18.2 Å². The quantitative estimate of drug-likeness (QED) is 0.277. The highest BCUT2D eigenvalue weighted by molar-refractivity contribution is 5.93. The number of benzene rings is 2. The Bertz CT molecular complexity index is 1500. The Balaban J connectivity index is 1.69. The third-order valence-electron chi connectivity index (χ3n) is 7.14. The number of nitrogens with zero attached hydrogens (tertiary/aromatic N) is 4. The zero-order chi connectivity index (χ0) is 27.7. The smallest absolute Gasteiger partial charge is 0.416 e. The second-order valence-electron chi connectivity index (χ2n) is 9.63. The van der Waals surface area contributed by atoms with E-state index in [4.69, 9.17) is 14.5 Å². The van der Waals surface area contributed by atoms with Crippen molar-refractivity contribution in [3.63, 3.8) is 0 Å². The summed E-state index contributed by atoms with van der Waals surface area (Å²) in [7, 11) is 2.81. The predicted octanol–water partition coefficient (Wildman–Crippen LogP) is 5.96. The van der Waals surface area contributed by atoms with Gasteiger partial charge in [0.1, 0.15) is 17.1 Å². The first-order chi connectivity index (χ1) is 18.7. The minimum Gasteiger partial charge on any atom is -0.497 e. The molecule has 0 radical (unpaired) electrons. The summed E-state index contributed by atoms with van der Waals surface area (Å²) in [5, 5.41) is 3.46. The van der Waals surface area contributed by atoms with Crippen molar-refractivity contribution in [1.29, 1.82) is 0 Å². The average Bonchev–Trinajstić information content (AvgIpc) is 3.25. The molecule has 1 atom stereocenters. The van der Waals surface area contributed by atoms with Gasteiger partial charge in [-0.1, -0.05) is 30.7 Å². The van der Waals surface area contributed by atoms with Crippen LogP contribution in [-0.2, 0) is 17.5 Å². The number of fused-ring (bicyclic) bond motifs is 1. The molecule has 204 valence electrons. The highest BCUT2D eigenvalue weighted by Crippen LogP contribution is 2.35. The lowest BCUT2D eigenvalue weighted by molar-refractivity contribution is -0.137. The SMILES string of the molecule is COC(=O)c1nc(NC(C)C2CCC2)c2c(n1)nc(-c1cccc(OC)c1)n2Cc1ccc(C(F)(F)F)cc1. The molecule has 39 heavy (non-hydrogen) atoms. The van der Waals surface area contributed by atoms with Gasteiger partial charge >= 0.3 is 12.1 Å². The largest absolute Gasteiger partial charge is 0.497 e. The first-order valence-electron chi connectivity index (χ1n) is 12.6. The van der Waals surface area contributed by atoms with Crippen molar-refractivity contribution >= 4 is 23.0 Å². The van der Waals surface area contributed by atoms with Crippen molar-refractivity contribution in [1.82, 2.24) is 19.5 Å². The van der Waals surface area contributed by atoms with E-state index in [9.17, 15) is 18.0 Å². The molecular weight excluding hydrogens is 511 g/mol. The second-order valence-corrected chi connectivity index (χ2v) is 9.63. The van der Waals surface area contributed by atoms with Gasteiger partial charge in [0.05, 0.1) is 19.8 Å². The maximum Gasteiger partial charge on any atom is 0.416 e. The number of hydrogen-bond acceptors (Lipinski definition) is 7. The van der Waals surface area contributed by atoms with Crippen molar-refractivity contribution in [2.75, 3.05) is 19.5 Å². The summed E-state index contributed by atoms with van der Waals surface area (Å²) in [6.07, 6.45) is -1.09. The molecule has 0 bridgehead atoms. The lowest BCUT2D eigenvalue weighted by atomic mass is 9.80. The number of alkyl halides is 3. The number of nitrogens with one attached hydrogen (secondary N) is 1. The third kappa shape index (κ3) is 5.39. The number of methoxy groups -OCH3 is 2. The van der Waals surface area contributed by atoms with Crippen molar-refractivity contribution in [3.05, 3.63) is 65.5 Å². The molecule has 0 spiro atoms. The van der Waals surface area contributed by atoms with Gasteiger partial charge in [0.2, 0.25) is 5.82 Å². The molecule has 1 fully saturated rings. The summed E-state index contributed by atoms with van der Waals surface area (Å²) >= 11 is 0. The summed E-state index contributed by atoms with van der Waals surface area (Å²) in [4.78, 5) is 26.1. The van der Waals surface area contributed by atoms with E-state index in [1.165, 1.54) is 19.2 Å². The molecule has 5 rings (SSSR count). The van der Waals surface area contributed by atoms with Crippen LogP contribution >= 0.6 is 0 Å². The van der Waals surface area contributed by atoms with Gasteiger partial charge in [-0.15, -0.1) is 0 Å². The van der Waals surface area contributed by atoms with Crippen LogP contribution in [0.1, 0.15) is 47.9 Å². The van der Waals surface area contributed by atoms with Crippen LogP contribution in [-0.4, -0.2) is 45.7 Å². The van der Waals surface area contributed by atoms with Crippen molar-refractivity contribution in [3.8, 4) is 17.1 Å². The fourth-order valence-electron chi connectivity index (χ4n) is 4.71. The fourth-order valence-corrected chi connectivity index (χ4v) is 4.71. The normalized spacial score (nSPS) is 14.6. The molecule has 4 aromatic rings. The number of rotatable bonds is 8. The number of hydrogen-bond donors (Lipinski definition) is 1. The summed E-state index contributed by atoms with van der Waals surface area (Å²) < 4.78 is 51.7. The van der Waals surface area contributed by atoms with Crippen LogP contribution in [0.3, 0.4) is 0 Å². The average molecular weight is 540 g/mol. The summed E-state index contributed by atoms with van der Waals surface area (Å²) in [6, 6.07) is 12.3. The molecule has 1 aliphatic rings. The zero-order valence-corrected chi connectivity index (χ0v) is 21.7. The lowest BCUT2D eigenvalue weighted by Gasteiger charge is -2.32. The van der Waals surface area contributed by atoms with Gasteiger partial charge in [0.15, 0.2) is 11.5 Å². The Morgan fingerprint density at radius 3 is 2.46 bits per heavy atom. The van der Waals surface area contributed by atoms with E-state index in [1.54, 1.807) is 13.2 Å². The topological polar surface area (TPSA) is 91.2 Å². The van der Waals surface area contributed by atoms with E-state index >= 15 is 0 Å². The molecule has 0 aliphatic heterocycles. The van der Waals surface area contributed by atoms with E-state index in [1.807, 2.05) is 22.8 Å². The summed E-state index contributed by atoms with van der Waals surface area (Å²) in [5.41, 5.74) is 1.40. The van der Waals surface area contributed by atoms with Crippen LogP contribution < -0.4 is 10.1 Å². The maximum atomic E-state index is 13.2. The Morgan fingerprint density at radius 1 is 1.10 bits per heavy atom. The highest BCUT2D eigenvalue weighted by Gasteiger charge is 2.30. The second kappa shape index (κ2) is 10.5. The van der Waals surface area contributed by atoms with Gasteiger partial charge in [-0.05, 0) is 55.5 Å². The van der Waals surface area contributed by atoms with E-state index in [0.29, 0.717) is 40.0 Å². The summed E-state index contributed by atoms with van der Waals surface area (Å²) in [5.74, 6) is 1.15. The summed E-state index contributed by atoms with van der Waals surface area (Å²) in [6.45, 7) is 2.25. The minimum atomic E-state index is -4.43. The standard InChI is InChI=1S/C28H28F3N5O3/c1-16(18-6-4-7-18)32-23-22-24(34-25(33-23)27(37)39-3)35-26(19-8-5-9-21(14-19)38-2)36(22)15-17-10-12-20(13-11-17)28(29,30)31/h5,8-14,16,18H,4,6-7,15H2,1-3H3,(H,32,33,34). The zero-order valence-electron chi connectivity index (χ0n) is 21.7. The maximum absolute atomic E-state index is 13.2. The van der Waals surface area contributed by atoms with Crippen LogP contribution in [0.25, 0.3) is 22.6 Å². The number of ether oxygens (including phenoxy) is 2. The number of anilines is 1. The van der Waals surface area contributed by atoms with E-state index in [-0.39, 0.29) is 24.1 Å². The Labute approximate surface area is 223 Å². The number of carbonyl (C=O) groups is 1. The lowest BCUT2D eigenvalue weighted by Crippen LogP contribution is -2.31. The third-order valence-corrected chi connectivity index (χ3v) is 7.14. The van der Waals surface area contributed by atoms with E-state index < -0.39 is 17.7 Å². The van der Waals surface area contributed by atoms with Crippen LogP contribution in [0.2, 0.25) is 0 Å². The van der Waals surface area contributed by atoms with Gasteiger partial charge in [0.25, 0.3) is 0 Å². The van der Waals surface area contributed by atoms with Crippen LogP contribution in [0.4, 0.5) is 19.0 Å². The molecular formula is C28H28F3N5O3. The fraction of sp³-hybridized carbons (Fsp3) is 0.357. The number of esters is 1. The van der Waals surface area contributed by atoms with Crippen LogP contribution in [0, 0.1) is 5.92 Å². The molecule has 1 aliphatic carbocycles. The number of halogens is 3. The van der Waals surface area contributed by atoms with E-state index in [0.717, 1.165) is 31.4 Å². The van der Waals surface area contributed by atoms with Crippen molar-refractivity contribution in [2.24, 2.45) is 5.92 Å². The van der Waals surface area contributed by atoms with Crippen molar-refractivity contribution in [2.45, 2.75) is 44.9 Å². The Morgan fingerprint density at radius 2 is 1.85 bits per heavy atom. The Hall–Kier alpha value is -4.15. The van der Waals surface area contributed by atoms with Crippen molar-refractivity contribution < 1.29 is 27.4 Å². The molecule has 11 heteroatoms. The number of imidazole rings is 1. The van der Waals surface area contributed by atoms with Gasteiger partial charge in [-0.3, -0.25) is 0 Å². The highest BCUT2D eigenvalue weighted by atomic mass is 19.4. The van der Waals surface area contributed by atoms with Crippen LogP contribution in [0.15, 0.2) is 48.5 Å². The molecule has 2 aromatic carbocycles. The predicted molar refractivity (Wildman–Crippen MR) is 140 cm³/mol. The molecule has 8 nitrogen and oxygen atoms in total. The molecule has 0 amide bonds. The van der Waals surface area contributed by atoms with Crippen LogP contribution in [0.5, 0.6) is 5.75 Å². The molecule has 1 unspecified atom stereocenters. The molecule has 1 saturated carbocycles. The first kappa shape index (κ1) is 26.5. The minimum absolute atomic E-state index is 0.0667. The monoisotopic (exact) mass is 539 g/mol. The van der Waals surface area contributed by atoms with Gasteiger partial charge in [-0.2, -0.15) is 13.2 Å². The van der Waals surface area contributed by atoms with Gasteiger partial charge < -0.3 is 19.4 Å². The van der Waals surface area contributed by atoms with E-state index in [2.05, 4.69) is 22.2 Å². The molecule has 0 saturated heterocycles. The molecule has 1 N–H and O–H groups in total. The number of aromatic nitrogens is 4. The van der Waals surface area contributed by atoms with Gasteiger partial charge in [-0.25, -0.2) is 19.7 Å². The Kier molecular flexibility index (Phi) is 7.16. The molecule has 2 heterocycles. The first-order valence-corrected chi connectivity index (χ1v) is 12.6. The molecule has 2 aromatic heterocycles.